The molecule has 2 rings (SSSR count). The molecule has 0 aliphatic carbocycles. The average molecular weight is 289 g/mol. The van der Waals surface area contributed by atoms with Crippen LogP contribution in [-0.4, -0.2) is 30.3 Å². The predicted octanol–water partition coefficient (Wildman–Crippen LogP) is 2.85. The van der Waals surface area contributed by atoms with Crippen molar-refractivity contribution in [3.05, 3.63) is 42.5 Å². The number of ether oxygens (including phenoxy) is 1. The van der Waals surface area contributed by atoms with E-state index in [0.29, 0.717) is 13.0 Å². The Kier molecular flexibility index (Phi) is 4.98. The molecule has 1 aliphatic rings. The topological polar surface area (TPSA) is 66.8 Å². The van der Waals surface area contributed by atoms with Crippen LogP contribution in [0.25, 0.3) is 0 Å². The molecule has 0 fully saturated rings. The van der Waals surface area contributed by atoms with E-state index < -0.39 is 12.1 Å². The minimum atomic E-state index is -0.811. The number of carboxylic acid groups (broad SMARTS) is 1. The lowest BCUT2D eigenvalue weighted by Crippen LogP contribution is -2.40. The van der Waals surface area contributed by atoms with Crippen molar-refractivity contribution in [3.8, 4) is 0 Å². The molecule has 5 nitrogen and oxygen atoms in total. The number of carbonyl (C=O) groups is 2. The zero-order valence-corrected chi connectivity index (χ0v) is 11.8. The fourth-order valence-corrected chi connectivity index (χ4v) is 2.58. The van der Waals surface area contributed by atoms with Crippen LogP contribution in [0.1, 0.15) is 18.4 Å². The minimum Gasteiger partial charge on any atom is -0.481 e. The molecule has 0 aromatic heterocycles. The summed E-state index contributed by atoms with van der Waals surface area (Å²) in [5, 5.41) is 8.81. The monoisotopic (exact) mass is 289 g/mol. The summed E-state index contributed by atoms with van der Waals surface area (Å²) in [7, 11) is 0. The summed E-state index contributed by atoms with van der Waals surface area (Å²) in [6, 6.07) is 7.66. The van der Waals surface area contributed by atoms with Gasteiger partial charge in [-0.25, -0.2) is 4.79 Å². The Balaban J connectivity index is 2.15. The zero-order chi connectivity index (χ0) is 15.2. The van der Waals surface area contributed by atoms with E-state index in [1.165, 1.54) is 6.08 Å². The number of para-hydroxylation sites is 1. The second kappa shape index (κ2) is 6.92. The Bertz CT molecular complexity index is 541. The van der Waals surface area contributed by atoms with Crippen molar-refractivity contribution >= 4 is 17.7 Å². The lowest BCUT2D eigenvalue weighted by Gasteiger charge is -2.33. The van der Waals surface area contributed by atoms with E-state index in [1.54, 1.807) is 4.90 Å². The molecule has 1 unspecified atom stereocenters. The molecule has 1 N–H and O–H groups in total. The van der Waals surface area contributed by atoms with Gasteiger partial charge in [-0.15, -0.1) is 0 Å². The normalized spacial score (nSPS) is 17.0. The van der Waals surface area contributed by atoms with Crippen LogP contribution in [0.2, 0.25) is 0 Å². The maximum absolute atomic E-state index is 12.1. The highest BCUT2D eigenvalue weighted by Gasteiger charge is 2.29. The van der Waals surface area contributed by atoms with E-state index in [-0.39, 0.29) is 18.9 Å². The van der Waals surface area contributed by atoms with Crippen LogP contribution in [0, 0.1) is 5.92 Å². The van der Waals surface area contributed by atoms with Crippen molar-refractivity contribution in [2.75, 3.05) is 18.1 Å². The molecule has 1 heterocycles. The quantitative estimate of drug-likeness (QED) is 0.846. The highest BCUT2D eigenvalue weighted by Crippen LogP contribution is 2.31. The summed E-state index contributed by atoms with van der Waals surface area (Å²) in [5.74, 6) is -0.679. The number of hydrogen-bond donors (Lipinski definition) is 1. The molecule has 21 heavy (non-hydrogen) atoms. The number of hydrogen-bond acceptors (Lipinski definition) is 3. The Hall–Kier alpha value is -2.30. The van der Waals surface area contributed by atoms with Crippen molar-refractivity contribution in [2.45, 2.75) is 19.3 Å². The Morgan fingerprint density at radius 2 is 2.19 bits per heavy atom. The second-order valence-electron chi connectivity index (χ2n) is 5.11. The Labute approximate surface area is 123 Å². The van der Waals surface area contributed by atoms with Crippen LogP contribution in [0.15, 0.2) is 36.9 Å². The van der Waals surface area contributed by atoms with Crippen molar-refractivity contribution in [1.29, 1.82) is 0 Å². The van der Waals surface area contributed by atoms with E-state index in [0.717, 1.165) is 17.7 Å². The molecule has 0 saturated carbocycles. The Morgan fingerprint density at radius 3 is 2.90 bits per heavy atom. The van der Waals surface area contributed by atoms with Crippen molar-refractivity contribution in [2.24, 2.45) is 5.92 Å². The van der Waals surface area contributed by atoms with Crippen LogP contribution in [0.5, 0.6) is 0 Å². The summed E-state index contributed by atoms with van der Waals surface area (Å²) in [5.41, 5.74) is 1.90. The maximum Gasteiger partial charge on any atom is 0.414 e. The molecule has 0 saturated heterocycles. The molecule has 1 atom stereocenters. The van der Waals surface area contributed by atoms with Gasteiger partial charge in [0.1, 0.15) is 6.61 Å². The molecule has 0 spiro atoms. The van der Waals surface area contributed by atoms with Crippen molar-refractivity contribution in [1.82, 2.24) is 0 Å². The van der Waals surface area contributed by atoms with Gasteiger partial charge in [0.25, 0.3) is 0 Å². The van der Waals surface area contributed by atoms with E-state index in [4.69, 9.17) is 9.84 Å². The molecular formula is C16H19NO4. The average Bonchev–Trinajstić information content (AvgIpc) is 2.49. The molecule has 5 heteroatoms. The summed E-state index contributed by atoms with van der Waals surface area (Å²) >= 11 is 0. The van der Waals surface area contributed by atoms with E-state index >= 15 is 0 Å². The molecule has 112 valence electrons. The number of carboxylic acids is 1. The van der Waals surface area contributed by atoms with Crippen LogP contribution < -0.4 is 4.90 Å². The number of rotatable bonds is 5. The van der Waals surface area contributed by atoms with Gasteiger partial charge in [0.2, 0.25) is 0 Å². The summed E-state index contributed by atoms with van der Waals surface area (Å²) in [6.45, 7) is 4.18. The predicted molar refractivity (Wildman–Crippen MR) is 79.4 cm³/mol. The van der Waals surface area contributed by atoms with Gasteiger partial charge in [0.15, 0.2) is 0 Å². The second-order valence-corrected chi connectivity index (χ2v) is 5.11. The first kappa shape index (κ1) is 15.1. The number of nitrogens with zero attached hydrogens (tertiary/aromatic N) is 1. The highest BCUT2D eigenvalue weighted by molar-refractivity contribution is 5.89. The lowest BCUT2D eigenvalue weighted by molar-refractivity contribution is -0.137. The van der Waals surface area contributed by atoms with Gasteiger partial charge in [0, 0.05) is 13.0 Å². The third-order valence-corrected chi connectivity index (χ3v) is 3.54. The van der Waals surface area contributed by atoms with Crippen LogP contribution in [0.4, 0.5) is 10.5 Å². The molecule has 1 aromatic carbocycles. The number of anilines is 1. The summed E-state index contributed by atoms with van der Waals surface area (Å²) < 4.78 is 5.11. The van der Waals surface area contributed by atoms with Gasteiger partial charge in [-0.1, -0.05) is 30.9 Å². The maximum atomic E-state index is 12.1. The summed E-state index contributed by atoms with van der Waals surface area (Å²) in [6.07, 6.45) is 2.56. The van der Waals surface area contributed by atoms with Gasteiger partial charge < -0.3 is 9.84 Å². The largest absolute Gasteiger partial charge is 0.481 e. The molecule has 1 aliphatic heterocycles. The van der Waals surface area contributed by atoms with Crippen LogP contribution in [0.3, 0.4) is 0 Å². The first-order chi connectivity index (χ1) is 10.1. The molecule has 0 radical (unpaired) electrons. The lowest BCUT2D eigenvalue weighted by atomic mass is 9.89. The fourth-order valence-electron chi connectivity index (χ4n) is 2.58. The first-order valence-corrected chi connectivity index (χ1v) is 6.96. The van der Waals surface area contributed by atoms with Gasteiger partial charge >= 0.3 is 12.1 Å². The van der Waals surface area contributed by atoms with Crippen molar-refractivity contribution in [3.63, 3.8) is 0 Å². The number of benzene rings is 1. The number of amides is 1. The van der Waals surface area contributed by atoms with E-state index in [2.05, 4.69) is 6.58 Å². The van der Waals surface area contributed by atoms with Crippen LogP contribution in [-0.2, 0) is 16.0 Å². The number of aliphatic carboxylic acids is 1. The van der Waals surface area contributed by atoms with E-state index in [9.17, 15) is 9.59 Å². The SMILES string of the molecule is C=CCOC(=O)N1CC(CCC(=O)O)Cc2ccccc21. The molecule has 1 aromatic rings. The fraction of sp³-hybridized carbons (Fsp3) is 0.375. The minimum absolute atomic E-state index is 0.113. The number of carbonyl (C=O) groups excluding carboxylic acids is 1. The van der Waals surface area contributed by atoms with Crippen LogP contribution >= 0.6 is 0 Å². The first-order valence-electron chi connectivity index (χ1n) is 6.96. The van der Waals surface area contributed by atoms with Gasteiger partial charge in [-0.2, -0.15) is 0 Å². The third-order valence-electron chi connectivity index (χ3n) is 3.54. The summed E-state index contributed by atoms with van der Waals surface area (Å²) in [4.78, 5) is 24.5. The van der Waals surface area contributed by atoms with Gasteiger partial charge in [-0.05, 0) is 30.4 Å². The zero-order valence-electron chi connectivity index (χ0n) is 11.8. The Morgan fingerprint density at radius 1 is 1.43 bits per heavy atom. The van der Waals surface area contributed by atoms with Gasteiger partial charge in [0.05, 0.1) is 5.69 Å². The van der Waals surface area contributed by atoms with E-state index in [1.807, 2.05) is 24.3 Å². The number of fused-ring (bicyclic) bond motifs is 1. The van der Waals surface area contributed by atoms with Gasteiger partial charge in [-0.3, -0.25) is 9.69 Å². The third kappa shape index (κ3) is 3.84. The van der Waals surface area contributed by atoms with Crippen molar-refractivity contribution < 1.29 is 19.4 Å². The highest BCUT2D eigenvalue weighted by atomic mass is 16.6. The molecular weight excluding hydrogens is 270 g/mol. The molecule has 1 amide bonds. The smallest absolute Gasteiger partial charge is 0.414 e. The standard InChI is InChI=1S/C16H19NO4/c1-2-9-21-16(20)17-11-12(7-8-15(18)19)10-13-5-3-4-6-14(13)17/h2-6,12H,1,7-11H2,(H,18,19). The molecule has 0 bridgehead atoms.